The standard InChI is InChI=1S/C21H30O4/c1-12(22)21(25)9-7-16-15-5-4-13-10-14(23)6-8-19(13,2)18(15)17(24)11-20(16,21)3/h13,15-16,18,25H,4-11H2,1-3H3/t13-,15-,16-,18+,19-,20-,21-/m0/s1. The first-order chi connectivity index (χ1) is 11.6. The van der Waals surface area contributed by atoms with Crippen LogP contribution in [-0.4, -0.2) is 28.1 Å². The molecule has 4 nitrogen and oxygen atoms in total. The van der Waals surface area contributed by atoms with Crippen LogP contribution in [0.15, 0.2) is 0 Å². The van der Waals surface area contributed by atoms with Crippen molar-refractivity contribution in [3.8, 4) is 0 Å². The molecule has 0 heterocycles. The van der Waals surface area contributed by atoms with E-state index in [4.69, 9.17) is 0 Å². The predicted octanol–water partition coefficient (Wildman–Crippen LogP) is 3.10. The lowest BCUT2D eigenvalue weighted by Crippen LogP contribution is -2.61. The molecule has 0 bridgehead atoms. The highest BCUT2D eigenvalue weighted by molar-refractivity contribution is 5.90. The van der Waals surface area contributed by atoms with Gasteiger partial charge in [0, 0.05) is 30.6 Å². The fraction of sp³-hybridized carbons (Fsp3) is 0.857. The third-order valence-electron chi connectivity index (χ3n) is 8.90. The number of aliphatic hydroxyl groups is 1. The lowest BCUT2D eigenvalue weighted by atomic mass is 9.44. The van der Waals surface area contributed by atoms with Crippen LogP contribution in [0.5, 0.6) is 0 Å². The maximum absolute atomic E-state index is 13.3. The molecule has 1 N–H and O–H groups in total. The molecule has 0 radical (unpaired) electrons. The molecule has 0 aliphatic heterocycles. The third kappa shape index (κ3) is 2.06. The molecule has 25 heavy (non-hydrogen) atoms. The summed E-state index contributed by atoms with van der Waals surface area (Å²) >= 11 is 0. The van der Waals surface area contributed by atoms with Crippen molar-refractivity contribution < 1.29 is 19.5 Å². The summed E-state index contributed by atoms with van der Waals surface area (Å²) in [6.07, 6.45) is 5.64. The average molecular weight is 346 g/mol. The molecule has 4 saturated carbocycles. The van der Waals surface area contributed by atoms with Gasteiger partial charge in [-0.05, 0) is 62.2 Å². The zero-order valence-corrected chi connectivity index (χ0v) is 15.6. The smallest absolute Gasteiger partial charge is 0.161 e. The van der Waals surface area contributed by atoms with E-state index in [-0.39, 0.29) is 34.7 Å². The van der Waals surface area contributed by atoms with E-state index in [0.717, 1.165) is 25.7 Å². The van der Waals surface area contributed by atoms with Gasteiger partial charge in [-0.2, -0.15) is 0 Å². The lowest BCUT2D eigenvalue weighted by Gasteiger charge is -2.59. The van der Waals surface area contributed by atoms with Crippen molar-refractivity contribution in [2.45, 2.75) is 77.7 Å². The molecule has 138 valence electrons. The second-order valence-electron chi connectivity index (χ2n) is 9.79. The van der Waals surface area contributed by atoms with Crippen LogP contribution in [0.2, 0.25) is 0 Å². The average Bonchev–Trinajstić information content (AvgIpc) is 2.80. The van der Waals surface area contributed by atoms with Gasteiger partial charge in [0.25, 0.3) is 0 Å². The molecule has 0 amide bonds. The van der Waals surface area contributed by atoms with Crippen molar-refractivity contribution >= 4 is 17.3 Å². The third-order valence-corrected chi connectivity index (χ3v) is 8.90. The zero-order chi connectivity index (χ0) is 18.2. The largest absolute Gasteiger partial charge is 0.381 e. The summed E-state index contributed by atoms with van der Waals surface area (Å²) in [6.45, 7) is 5.67. The number of fused-ring (bicyclic) bond motifs is 5. The molecule has 0 aromatic carbocycles. The van der Waals surface area contributed by atoms with Gasteiger partial charge in [-0.15, -0.1) is 0 Å². The van der Waals surface area contributed by atoms with E-state index in [1.54, 1.807) is 0 Å². The van der Waals surface area contributed by atoms with Crippen molar-refractivity contribution in [1.82, 2.24) is 0 Å². The van der Waals surface area contributed by atoms with Gasteiger partial charge in [-0.25, -0.2) is 0 Å². The maximum Gasteiger partial charge on any atom is 0.161 e. The number of carbonyl (C=O) groups excluding carboxylic acids is 3. The lowest BCUT2D eigenvalue weighted by molar-refractivity contribution is -0.176. The highest BCUT2D eigenvalue weighted by Crippen LogP contribution is 2.67. The zero-order valence-electron chi connectivity index (χ0n) is 15.6. The van der Waals surface area contributed by atoms with E-state index in [0.29, 0.717) is 37.4 Å². The predicted molar refractivity (Wildman–Crippen MR) is 92.8 cm³/mol. The van der Waals surface area contributed by atoms with Crippen LogP contribution in [0, 0.1) is 34.5 Å². The maximum atomic E-state index is 13.3. The Hall–Kier alpha value is -1.03. The van der Waals surface area contributed by atoms with Gasteiger partial charge in [0.15, 0.2) is 5.78 Å². The van der Waals surface area contributed by atoms with Gasteiger partial charge in [0.2, 0.25) is 0 Å². The fourth-order valence-corrected chi connectivity index (χ4v) is 7.44. The van der Waals surface area contributed by atoms with E-state index in [9.17, 15) is 19.5 Å². The topological polar surface area (TPSA) is 71.4 Å². The Morgan fingerprint density at radius 2 is 1.84 bits per heavy atom. The highest BCUT2D eigenvalue weighted by Gasteiger charge is 2.68. The summed E-state index contributed by atoms with van der Waals surface area (Å²) in [5, 5.41) is 11.1. The van der Waals surface area contributed by atoms with E-state index >= 15 is 0 Å². The molecule has 4 rings (SSSR count). The monoisotopic (exact) mass is 346 g/mol. The number of hydrogen-bond acceptors (Lipinski definition) is 4. The van der Waals surface area contributed by atoms with Gasteiger partial charge in [-0.1, -0.05) is 13.8 Å². The quantitative estimate of drug-likeness (QED) is 0.792. The van der Waals surface area contributed by atoms with E-state index in [1.165, 1.54) is 6.92 Å². The minimum Gasteiger partial charge on any atom is -0.381 e. The first kappa shape index (κ1) is 17.4. The molecule has 4 heteroatoms. The molecule has 0 aromatic heterocycles. The fourth-order valence-electron chi connectivity index (χ4n) is 7.44. The highest BCUT2D eigenvalue weighted by atomic mass is 16.3. The number of carbonyl (C=O) groups is 3. The van der Waals surface area contributed by atoms with Gasteiger partial charge in [0.05, 0.1) is 0 Å². The number of ketones is 3. The Balaban J connectivity index is 1.72. The van der Waals surface area contributed by atoms with Crippen LogP contribution in [0.25, 0.3) is 0 Å². The van der Waals surface area contributed by atoms with Crippen molar-refractivity contribution in [3.05, 3.63) is 0 Å². The Morgan fingerprint density at radius 1 is 1.12 bits per heavy atom. The van der Waals surface area contributed by atoms with Crippen LogP contribution < -0.4 is 0 Å². The number of hydrogen-bond donors (Lipinski definition) is 1. The molecular formula is C21H30O4. The van der Waals surface area contributed by atoms with Crippen LogP contribution >= 0.6 is 0 Å². The van der Waals surface area contributed by atoms with Crippen molar-refractivity contribution in [3.63, 3.8) is 0 Å². The second kappa shape index (κ2) is 5.25. The second-order valence-corrected chi connectivity index (χ2v) is 9.79. The summed E-state index contributed by atoms with van der Waals surface area (Å²) in [5.74, 6) is 1.22. The molecule has 0 aromatic rings. The Morgan fingerprint density at radius 3 is 2.52 bits per heavy atom. The Labute approximate surface area is 149 Å². The normalized spacial score (nSPS) is 52.3. The molecule has 4 aliphatic carbocycles. The molecule has 7 atom stereocenters. The molecule has 0 saturated heterocycles. The molecule has 0 spiro atoms. The van der Waals surface area contributed by atoms with Crippen molar-refractivity contribution in [1.29, 1.82) is 0 Å². The van der Waals surface area contributed by atoms with Crippen LogP contribution in [0.1, 0.15) is 72.1 Å². The summed E-state index contributed by atoms with van der Waals surface area (Å²) in [6, 6.07) is 0. The van der Waals surface area contributed by atoms with Crippen LogP contribution in [0.3, 0.4) is 0 Å². The van der Waals surface area contributed by atoms with E-state index in [2.05, 4.69) is 6.92 Å². The summed E-state index contributed by atoms with van der Waals surface area (Å²) < 4.78 is 0. The molecular weight excluding hydrogens is 316 g/mol. The first-order valence-electron chi connectivity index (χ1n) is 9.91. The SMILES string of the molecule is CC(=O)[C@@]1(O)CC[C@H]2[C@@H]3CC[C@H]4CC(=O)CC[C@]4(C)[C@H]3C(=O)C[C@@]21C. The summed E-state index contributed by atoms with van der Waals surface area (Å²) in [7, 11) is 0. The van der Waals surface area contributed by atoms with E-state index in [1.807, 2.05) is 6.92 Å². The van der Waals surface area contributed by atoms with Gasteiger partial charge < -0.3 is 5.11 Å². The molecule has 4 fully saturated rings. The summed E-state index contributed by atoms with van der Waals surface area (Å²) in [4.78, 5) is 37.5. The van der Waals surface area contributed by atoms with Gasteiger partial charge >= 0.3 is 0 Å². The first-order valence-corrected chi connectivity index (χ1v) is 9.91. The van der Waals surface area contributed by atoms with Crippen molar-refractivity contribution in [2.24, 2.45) is 34.5 Å². The number of Topliss-reactive ketones (excluding diaryl/α,β-unsaturated/α-hetero) is 3. The molecule has 0 unspecified atom stereocenters. The Bertz CT molecular complexity index is 654. The van der Waals surface area contributed by atoms with Gasteiger partial charge in [0.1, 0.15) is 17.2 Å². The van der Waals surface area contributed by atoms with Crippen LogP contribution in [-0.2, 0) is 14.4 Å². The minimum atomic E-state index is -1.35. The van der Waals surface area contributed by atoms with Crippen LogP contribution in [0.4, 0.5) is 0 Å². The Kier molecular flexibility index (Phi) is 3.65. The molecule has 4 aliphatic rings. The minimum absolute atomic E-state index is 0.00623. The van der Waals surface area contributed by atoms with Gasteiger partial charge in [-0.3, -0.25) is 14.4 Å². The van der Waals surface area contributed by atoms with E-state index < -0.39 is 11.0 Å². The summed E-state index contributed by atoms with van der Waals surface area (Å²) in [5.41, 5.74) is -2.05. The number of rotatable bonds is 1. The van der Waals surface area contributed by atoms with Crippen molar-refractivity contribution in [2.75, 3.05) is 0 Å².